The number of nitrogens with one attached hydrogen (secondary N) is 1. The Morgan fingerprint density at radius 2 is 2.18 bits per heavy atom. The predicted octanol–water partition coefficient (Wildman–Crippen LogP) is 1.54. The van der Waals surface area contributed by atoms with Crippen LogP contribution in [0.25, 0.3) is 0 Å². The maximum absolute atomic E-state index is 11.8. The van der Waals surface area contributed by atoms with E-state index in [0.29, 0.717) is 12.1 Å². The minimum absolute atomic E-state index is 0.00456. The first-order valence-electron chi connectivity index (χ1n) is 5.36. The highest BCUT2D eigenvalue weighted by molar-refractivity contribution is 9.09. The molecule has 0 bridgehead atoms. The van der Waals surface area contributed by atoms with Gasteiger partial charge < -0.3 is 9.88 Å². The van der Waals surface area contributed by atoms with Crippen LogP contribution in [-0.4, -0.2) is 22.3 Å². The normalized spacial score (nSPS) is 11.3. The molecule has 1 heterocycles. The van der Waals surface area contributed by atoms with Crippen LogP contribution in [0.1, 0.15) is 24.2 Å². The molecule has 1 N–H and O–H groups in total. The highest BCUT2D eigenvalue weighted by Crippen LogP contribution is 2.16. The Hall–Kier alpha value is -1.10. The lowest BCUT2D eigenvalue weighted by Crippen LogP contribution is -2.35. The smallest absolute Gasteiger partial charge is 0.251 e. The number of alkyl halides is 1. The van der Waals surface area contributed by atoms with Gasteiger partial charge in [0.15, 0.2) is 0 Å². The number of pyridine rings is 1. The molecule has 1 rings (SSSR count). The molecule has 0 saturated heterocycles. The molecule has 0 atom stereocenters. The summed E-state index contributed by atoms with van der Waals surface area (Å²) in [4.78, 5) is 23.2. The topological polar surface area (TPSA) is 51.1 Å². The van der Waals surface area contributed by atoms with Crippen LogP contribution in [0.2, 0.25) is 0 Å². The number of carbonyl (C=O) groups excluding carboxylic acids is 1. The molecule has 0 aliphatic carbocycles. The molecular formula is C12H17BrN2O2. The lowest BCUT2D eigenvalue weighted by molar-refractivity contribution is 0.0940. The molecule has 0 aromatic carbocycles. The summed E-state index contributed by atoms with van der Waals surface area (Å²) in [5.41, 5.74) is 0.214. The Labute approximate surface area is 109 Å². The van der Waals surface area contributed by atoms with E-state index in [1.807, 2.05) is 13.8 Å². The van der Waals surface area contributed by atoms with Crippen molar-refractivity contribution in [1.82, 2.24) is 9.88 Å². The van der Waals surface area contributed by atoms with E-state index < -0.39 is 0 Å². The molecule has 94 valence electrons. The molecule has 0 spiro atoms. The van der Waals surface area contributed by atoms with E-state index in [1.165, 1.54) is 10.6 Å². The molecule has 1 amide bonds. The number of halogens is 1. The molecule has 0 aliphatic heterocycles. The van der Waals surface area contributed by atoms with Crippen molar-refractivity contribution in [2.24, 2.45) is 12.5 Å². The van der Waals surface area contributed by atoms with E-state index in [-0.39, 0.29) is 16.9 Å². The molecule has 1 aromatic heterocycles. The third-order valence-electron chi connectivity index (χ3n) is 2.46. The van der Waals surface area contributed by atoms with Gasteiger partial charge in [-0.25, -0.2) is 0 Å². The molecular weight excluding hydrogens is 284 g/mol. The van der Waals surface area contributed by atoms with Crippen molar-refractivity contribution in [3.05, 3.63) is 34.2 Å². The molecule has 5 heteroatoms. The van der Waals surface area contributed by atoms with Crippen molar-refractivity contribution < 1.29 is 4.79 Å². The first kappa shape index (κ1) is 14.0. The fraction of sp³-hybridized carbons (Fsp3) is 0.500. The zero-order chi connectivity index (χ0) is 13.1. The van der Waals surface area contributed by atoms with Gasteiger partial charge in [-0.05, 0) is 11.5 Å². The lowest BCUT2D eigenvalue weighted by atomic mass is 9.97. The Balaban J connectivity index is 2.71. The fourth-order valence-electron chi connectivity index (χ4n) is 1.16. The molecule has 0 aliphatic rings. The number of amides is 1. The number of aromatic nitrogens is 1. The molecule has 0 fully saturated rings. The average molecular weight is 301 g/mol. The van der Waals surface area contributed by atoms with Crippen LogP contribution in [0.4, 0.5) is 0 Å². The Morgan fingerprint density at radius 3 is 2.71 bits per heavy atom. The van der Waals surface area contributed by atoms with Crippen molar-refractivity contribution in [3.63, 3.8) is 0 Å². The molecule has 0 unspecified atom stereocenters. The third kappa shape index (κ3) is 4.00. The number of rotatable bonds is 4. The molecule has 17 heavy (non-hydrogen) atoms. The van der Waals surface area contributed by atoms with E-state index in [1.54, 1.807) is 19.3 Å². The summed E-state index contributed by atoms with van der Waals surface area (Å²) < 4.78 is 1.43. The summed E-state index contributed by atoms with van der Waals surface area (Å²) in [6.45, 7) is 4.66. The van der Waals surface area contributed by atoms with Crippen molar-refractivity contribution >= 4 is 21.8 Å². The Morgan fingerprint density at radius 1 is 1.53 bits per heavy atom. The summed E-state index contributed by atoms with van der Waals surface area (Å²) in [5, 5.41) is 3.62. The summed E-state index contributed by atoms with van der Waals surface area (Å²) in [7, 11) is 1.65. The van der Waals surface area contributed by atoms with Gasteiger partial charge >= 0.3 is 0 Å². The van der Waals surface area contributed by atoms with E-state index in [2.05, 4.69) is 21.2 Å². The maximum atomic E-state index is 11.8. The van der Waals surface area contributed by atoms with Crippen molar-refractivity contribution in [1.29, 1.82) is 0 Å². The van der Waals surface area contributed by atoms with Crippen molar-refractivity contribution in [3.8, 4) is 0 Å². The second-order valence-corrected chi connectivity index (χ2v) is 5.41. The quantitative estimate of drug-likeness (QED) is 0.858. The Bertz CT molecular complexity index is 466. The first-order chi connectivity index (χ1) is 7.85. The van der Waals surface area contributed by atoms with Crippen LogP contribution < -0.4 is 10.9 Å². The monoisotopic (exact) mass is 300 g/mol. The number of carbonyl (C=O) groups is 1. The van der Waals surface area contributed by atoms with Gasteiger partial charge in [0.25, 0.3) is 11.5 Å². The van der Waals surface area contributed by atoms with Gasteiger partial charge in [0, 0.05) is 36.7 Å². The minimum Gasteiger partial charge on any atom is -0.351 e. The highest BCUT2D eigenvalue weighted by atomic mass is 79.9. The summed E-state index contributed by atoms with van der Waals surface area (Å²) in [6, 6.07) is 2.98. The summed E-state index contributed by atoms with van der Waals surface area (Å²) >= 11 is 3.39. The van der Waals surface area contributed by atoms with Crippen LogP contribution in [0, 0.1) is 5.41 Å². The second-order valence-electron chi connectivity index (χ2n) is 4.85. The second kappa shape index (κ2) is 5.49. The van der Waals surface area contributed by atoms with Crippen LogP contribution in [0.5, 0.6) is 0 Å². The summed E-state index contributed by atoms with van der Waals surface area (Å²) in [5.74, 6) is -0.211. The van der Waals surface area contributed by atoms with Gasteiger partial charge in [-0.1, -0.05) is 29.8 Å². The van der Waals surface area contributed by atoms with Crippen LogP contribution in [-0.2, 0) is 7.05 Å². The van der Waals surface area contributed by atoms with Crippen LogP contribution in [0.15, 0.2) is 23.1 Å². The highest BCUT2D eigenvalue weighted by Gasteiger charge is 2.17. The first-order valence-corrected chi connectivity index (χ1v) is 6.49. The van der Waals surface area contributed by atoms with Gasteiger partial charge in [-0.15, -0.1) is 0 Å². The fourth-order valence-corrected chi connectivity index (χ4v) is 1.36. The Kier molecular flexibility index (Phi) is 4.51. The van der Waals surface area contributed by atoms with Gasteiger partial charge in [0.1, 0.15) is 0 Å². The summed E-state index contributed by atoms with van der Waals surface area (Å²) in [6.07, 6.45) is 1.59. The molecule has 4 nitrogen and oxygen atoms in total. The van der Waals surface area contributed by atoms with Crippen molar-refractivity contribution in [2.75, 3.05) is 11.9 Å². The van der Waals surface area contributed by atoms with Gasteiger partial charge in [-0.2, -0.15) is 0 Å². The van der Waals surface area contributed by atoms with Crippen LogP contribution in [0.3, 0.4) is 0 Å². The number of hydrogen-bond acceptors (Lipinski definition) is 2. The molecule has 1 aromatic rings. The SMILES string of the molecule is Cn1ccc(C(=O)NCC(C)(C)CBr)cc1=O. The number of aryl methyl sites for hydroxylation is 1. The van der Waals surface area contributed by atoms with Gasteiger partial charge in [0.2, 0.25) is 0 Å². The van der Waals surface area contributed by atoms with E-state index in [9.17, 15) is 9.59 Å². The van der Waals surface area contributed by atoms with E-state index >= 15 is 0 Å². The number of hydrogen-bond donors (Lipinski definition) is 1. The zero-order valence-electron chi connectivity index (χ0n) is 10.3. The average Bonchev–Trinajstić information content (AvgIpc) is 2.30. The third-order valence-corrected chi connectivity index (χ3v) is 3.97. The van der Waals surface area contributed by atoms with Crippen molar-refractivity contribution in [2.45, 2.75) is 13.8 Å². The van der Waals surface area contributed by atoms with E-state index in [4.69, 9.17) is 0 Å². The standard InChI is InChI=1S/C12H17BrN2O2/c1-12(2,7-13)8-14-11(17)9-4-5-15(3)10(16)6-9/h4-6H,7-8H2,1-3H3,(H,14,17). The predicted molar refractivity (Wildman–Crippen MR) is 71.6 cm³/mol. The molecule has 0 saturated carbocycles. The maximum Gasteiger partial charge on any atom is 0.251 e. The lowest BCUT2D eigenvalue weighted by Gasteiger charge is -2.21. The minimum atomic E-state index is -0.211. The van der Waals surface area contributed by atoms with E-state index in [0.717, 1.165) is 5.33 Å². The molecule has 0 radical (unpaired) electrons. The largest absolute Gasteiger partial charge is 0.351 e. The van der Waals surface area contributed by atoms with Gasteiger partial charge in [0.05, 0.1) is 0 Å². The van der Waals surface area contributed by atoms with Crippen LogP contribution >= 0.6 is 15.9 Å². The zero-order valence-corrected chi connectivity index (χ0v) is 11.9. The van der Waals surface area contributed by atoms with Gasteiger partial charge in [-0.3, -0.25) is 9.59 Å². The number of nitrogens with zero attached hydrogens (tertiary/aromatic N) is 1.